The Balaban J connectivity index is 1.41. The van der Waals surface area contributed by atoms with Crippen molar-refractivity contribution >= 4 is 11.7 Å². The molecule has 0 atom stereocenters. The zero-order valence-electron chi connectivity index (χ0n) is 14.0. The molecule has 24 heavy (non-hydrogen) atoms. The average Bonchev–Trinajstić information content (AvgIpc) is 2.98. The van der Waals surface area contributed by atoms with Crippen molar-refractivity contribution in [1.82, 2.24) is 20.3 Å². The summed E-state index contributed by atoms with van der Waals surface area (Å²) < 4.78 is 4.98. The van der Waals surface area contributed by atoms with Gasteiger partial charge in [0.2, 0.25) is 0 Å². The molecule has 0 spiro atoms. The summed E-state index contributed by atoms with van der Waals surface area (Å²) in [7, 11) is 1.83. The van der Waals surface area contributed by atoms with Gasteiger partial charge >= 0.3 is 0 Å². The molecule has 7 heteroatoms. The molecule has 126 valence electrons. The van der Waals surface area contributed by atoms with Crippen molar-refractivity contribution in [1.29, 1.82) is 0 Å². The SMILES string of the molecule is Cc1oncc1C(=O)N(C)C1CN(c2cc3c(nn2)CCCC3)C1. The fraction of sp³-hybridized carbons (Fsp3) is 0.529. The molecule has 2 aliphatic rings. The van der Waals surface area contributed by atoms with Crippen molar-refractivity contribution in [2.45, 2.75) is 38.6 Å². The third kappa shape index (κ3) is 2.53. The van der Waals surface area contributed by atoms with Gasteiger partial charge in [0.05, 0.1) is 17.9 Å². The van der Waals surface area contributed by atoms with E-state index in [2.05, 4.69) is 26.3 Å². The van der Waals surface area contributed by atoms with Crippen LogP contribution in [0, 0.1) is 6.92 Å². The van der Waals surface area contributed by atoms with Gasteiger partial charge in [-0.05, 0) is 44.2 Å². The molecule has 7 nitrogen and oxygen atoms in total. The van der Waals surface area contributed by atoms with E-state index in [1.807, 2.05) is 7.05 Å². The van der Waals surface area contributed by atoms with E-state index in [0.29, 0.717) is 11.3 Å². The number of nitrogens with zero attached hydrogens (tertiary/aromatic N) is 5. The summed E-state index contributed by atoms with van der Waals surface area (Å²) in [5, 5.41) is 12.4. The average molecular weight is 327 g/mol. The molecule has 1 amide bonds. The first-order chi connectivity index (χ1) is 11.6. The fourth-order valence-electron chi connectivity index (χ4n) is 3.38. The molecule has 4 rings (SSSR count). The molecule has 3 heterocycles. The number of hydrogen-bond acceptors (Lipinski definition) is 6. The molecular formula is C17H21N5O2. The first-order valence-corrected chi connectivity index (χ1v) is 8.42. The van der Waals surface area contributed by atoms with Gasteiger partial charge in [-0.15, -0.1) is 5.10 Å². The third-order valence-corrected chi connectivity index (χ3v) is 5.09. The van der Waals surface area contributed by atoms with E-state index in [1.54, 1.807) is 11.8 Å². The molecule has 2 aromatic rings. The first-order valence-electron chi connectivity index (χ1n) is 8.42. The van der Waals surface area contributed by atoms with Crippen LogP contribution < -0.4 is 4.90 Å². The number of amides is 1. The fourth-order valence-corrected chi connectivity index (χ4v) is 3.38. The number of hydrogen-bond donors (Lipinski definition) is 0. The van der Waals surface area contributed by atoms with Crippen LogP contribution in [-0.2, 0) is 12.8 Å². The number of anilines is 1. The maximum absolute atomic E-state index is 12.5. The summed E-state index contributed by atoms with van der Waals surface area (Å²) in [6, 6.07) is 2.34. The molecule has 0 N–H and O–H groups in total. The van der Waals surface area contributed by atoms with Crippen molar-refractivity contribution in [2.24, 2.45) is 0 Å². The number of aromatic nitrogens is 3. The van der Waals surface area contributed by atoms with E-state index in [9.17, 15) is 4.79 Å². The Kier molecular flexibility index (Phi) is 3.70. The van der Waals surface area contributed by atoms with E-state index in [0.717, 1.165) is 37.4 Å². The van der Waals surface area contributed by atoms with Crippen LogP contribution in [0.5, 0.6) is 0 Å². The third-order valence-electron chi connectivity index (χ3n) is 5.09. The molecule has 0 radical (unpaired) electrons. The topological polar surface area (TPSA) is 75.4 Å². The Labute approximate surface area is 140 Å². The van der Waals surface area contributed by atoms with Crippen molar-refractivity contribution in [3.8, 4) is 0 Å². The molecular weight excluding hydrogens is 306 g/mol. The normalized spacial score (nSPS) is 17.3. The number of fused-ring (bicyclic) bond motifs is 1. The molecule has 0 saturated carbocycles. The molecule has 0 unspecified atom stereocenters. The maximum atomic E-state index is 12.5. The quantitative estimate of drug-likeness (QED) is 0.852. The molecule has 2 aromatic heterocycles. The second-order valence-corrected chi connectivity index (χ2v) is 6.65. The molecule has 1 aliphatic carbocycles. The highest BCUT2D eigenvalue weighted by atomic mass is 16.5. The highest BCUT2D eigenvalue weighted by molar-refractivity contribution is 5.95. The van der Waals surface area contributed by atoms with Crippen LogP contribution in [0.1, 0.15) is 40.2 Å². The van der Waals surface area contributed by atoms with Gasteiger partial charge in [-0.1, -0.05) is 5.16 Å². The van der Waals surface area contributed by atoms with E-state index in [1.165, 1.54) is 24.6 Å². The second-order valence-electron chi connectivity index (χ2n) is 6.65. The number of carbonyl (C=O) groups excluding carboxylic acids is 1. The van der Waals surface area contributed by atoms with Crippen LogP contribution in [0.2, 0.25) is 0 Å². The van der Waals surface area contributed by atoms with Crippen LogP contribution in [0.25, 0.3) is 0 Å². The second kappa shape index (κ2) is 5.89. The largest absolute Gasteiger partial charge is 0.361 e. The van der Waals surface area contributed by atoms with Crippen molar-refractivity contribution in [3.63, 3.8) is 0 Å². The van der Waals surface area contributed by atoms with Gasteiger partial charge < -0.3 is 14.3 Å². The van der Waals surface area contributed by atoms with E-state index < -0.39 is 0 Å². The van der Waals surface area contributed by atoms with Crippen molar-refractivity contribution in [3.05, 3.63) is 34.8 Å². The monoisotopic (exact) mass is 327 g/mol. The summed E-state index contributed by atoms with van der Waals surface area (Å²) in [4.78, 5) is 16.4. The summed E-state index contributed by atoms with van der Waals surface area (Å²) in [5.74, 6) is 1.44. The zero-order valence-corrected chi connectivity index (χ0v) is 14.0. The van der Waals surface area contributed by atoms with Crippen molar-refractivity contribution in [2.75, 3.05) is 25.0 Å². The highest BCUT2D eigenvalue weighted by Gasteiger charge is 2.35. The lowest BCUT2D eigenvalue weighted by Crippen LogP contribution is -2.60. The minimum absolute atomic E-state index is 0.0464. The number of aryl methyl sites for hydroxylation is 3. The lowest BCUT2D eigenvalue weighted by molar-refractivity contribution is 0.0703. The predicted molar refractivity (Wildman–Crippen MR) is 88.0 cm³/mol. The highest BCUT2D eigenvalue weighted by Crippen LogP contribution is 2.26. The summed E-state index contributed by atoms with van der Waals surface area (Å²) in [5.41, 5.74) is 3.01. The van der Waals surface area contributed by atoms with E-state index in [-0.39, 0.29) is 11.9 Å². The molecule has 0 aromatic carbocycles. The lowest BCUT2D eigenvalue weighted by atomic mass is 9.96. The smallest absolute Gasteiger partial charge is 0.259 e. The van der Waals surface area contributed by atoms with Gasteiger partial charge in [0.25, 0.3) is 5.91 Å². The van der Waals surface area contributed by atoms with Crippen LogP contribution in [-0.4, -0.2) is 52.3 Å². The minimum Gasteiger partial charge on any atom is -0.361 e. The minimum atomic E-state index is -0.0464. The molecule has 1 fully saturated rings. The zero-order chi connectivity index (χ0) is 16.7. The van der Waals surface area contributed by atoms with E-state index in [4.69, 9.17) is 4.52 Å². The van der Waals surface area contributed by atoms with E-state index >= 15 is 0 Å². The number of carbonyl (C=O) groups is 1. The van der Waals surface area contributed by atoms with Crippen LogP contribution in [0.15, 0.2) is 16.8 Å². The number of rotatable bonds is 3. The summed E-state index contributed by atoms with van der Waals surface area (Å²) in [6.07, 6.45) is 6.07. The molecule has 1 saturated heterocycles. The van der Waals surface area contributed by atoms with Crippen LogP contribution in [0.4, 0.5) is 5.82 Å². The number of likely N-dealkylation sites (N-methyl/N-ethyl adjacent to an activating group) is 1. The molecule has 0 bridgehead atoms. The van der Waals surface area contributed by atoms with Gasteiger partial charge in [0.1, 0.15) is 11.3 Å². The summed E-state index contributed by atoms with van der Waals surface area (Å²) in [6.45, 7) is 3.31. The predicted octanol–water partition coefficient (Wildman–Crippen LogP) is 1.61. The Morgan fingerprint density at radius 3 is 2.83 bits per heavy atom. The Bertz CT molecular complexity index is 766. The maximum Gasteiger partial charge on any atom is 0.259 e. The first kappa shape index (κ1) is 15.1. The Morgan fingerprint density at radius 2 is 2.08 bits per heavy atom. The Morgan fingerprint density at radius 1 is 1.29 bits per heavy atom. The van der Waals surface area contributed by atoms with Gasteiger partial charge in [-0.2, -0.15) is 5.10 Å². The standard InChI is InChI=1S/C17H21N5O2/c1-11-14(8-18-24-11)17(23)21(2)13-9-22(10-13)16-7-12-5-3-4-6-15(12)19-20-16/h7-8,13H,3-6,9-10H2,1-2H3. The molecule has 1 aliphatic heterocycles. The van der Waals surface area contributed by atoms with Gasteiger partial charge in [-0.3, -0.25) is 4.79 Å². The van der Waals surface area contributed by atoms with Gasteiger partial charge in [-0.25, -0.2) is 0 Å². The van der Waals surface area contributed by atoms with Gasteiger partial charge in [0, 0.05) is 20.1 Å². The summed E-state index contributed by atoms with van der Waals surface area (Å²) >= 11 is 0. The Hall–Kier alpha value is -2.44. The van der Waals surface area contributed by atoms with Crippen LogP contribution >= 0.6 is 0 Å². The van der Waals surface area contributed by atoms with Crippen molar-refractivity contribution < 1.29 is 9.32 Å². The van der Waals surface area contributed by atoms with Gasteiger partial charge in [0.15, 0.2) is 5.82 Å². The lowest BCUT2D eigenvalue weighted by Gasteiger charge is -2.44. The van der Waals surface area contributed by atoms with Crippen LogP contribution in [0.3, 0.4) is 0 Å².